The highest BCUT2D eigenvalue weighted by Crippen LogP contribution is 2.20. The first-order valence-electron chi connectivity index (χ1n) is 9.12. The number of nitrogens with zero attached hydrogens (tertiary/aromatic N) is 3. The molecule has 1 aliphatic heterocycles. The van der Waals surface area contributed by atoms with Crippen LogP contribution in [0.25, 0.3) is 0 Å². The Balaban J connectivity index is 1.93. The van der Waals surface area contributed by atoms with Crippen LogP contribution in [-0.4, -0.2) is 47.6 Å². The van der Waals surface area contributed by atoms with E-state index in [1.807, 2.05) is 0 Å². The lowest BCUT2D eigenvalue weighted by Gasteiger charge is -2.41. The molecule has 1 aromatic heterocycles. The van der Waals surface area contributed by atoms with Crippen molar-refractivity contribution in [3.05, 3.63) is 15.6 Å². The molecule has 2 N–H and O–H groups in total. The van der Waals surface area contributed by atoms with E-state index in [4.69, 9.17) is 4.99 Å². The Morgan fingerprint density at radius 3 is 2.50 bits per heavy atom. The molecule has 0 unspecified atom stereocenters. The van der Waals surface area contributed by atoms with Crippen molar-refractivity contribution in [3.63, 3.8) is 0 Å². The second kappa shape index (κ2) is 8.81. The van der Waals surface area contributed by atoms with Gasteiger partial charge in [-0.3, -0.25) is 4.90 Å². The minimum atomic E-state index is 0.144. The van der Waals surface area contributed by atoms with Crippen LogP contribution >= 0.6 is 11.3 Å². The molecular formula is C18H33N5S. The van der Waals surface area contributed by atoms with Crippen molar-refractivity contribution in [2.75, 3.05) is 26.2 Å². The average Bonchev–Trinajstić information content (AvgIpc) is 2.89. The maximum absolute atomic E-state index is 4.71. The van der Waals surface area contributed by atoms with Crippen LogP contribution in [0.15, 0.2) is 4.99 Å². The highest BCUT2D eigenvalue weighted by atomic mass is 32.1. The molecule has 0 aliphatic carbocycles. The molecule has 0 aromatic carbocycles. The molecule has 2 heterocycles. The van der Waals surface area contributed by atoms with Crippen molar-refractivity contribution in [2.45, 2.75) is 66.0 Å². The third kappa shape index (κ3) is 5.45. The van der Waals surface area contributed by atoms with Crippen LogP contribution < -0.4 is 10.6 Å². The highest BCUT2D eigenvalue weighted by Gasteiger charge is 2.27. The first-order valence-corrected chi connectivity index (χ1v) is 9.94. The summed E-state index contributed by atoms with van der Waals surface area (Å²) >= 11 is 1.74. The van der Waals surface area contributed by atoms with Gasteiger partial charge in [0.25, 0.3) is 0 Å². The fourth-order valence-electron chi connectivity index (χ4n) is 3.01. The van der Waals surface area contributed by atoms with Crippen LogP contribution in [0.3, 0.4) is 0 Å². The van der Waals surface area contributed by atoms with Crippen LogP contribution in [0.4, 0.5) is 0 Å². The van der Waals surface area contributed by atoms with Crippen LogP contribution in [0.1, 0.15) is 55.6 Å². The largest absolute Gasteiger partial charge is 0.357 e. The normalized spacial score (nSPS) is 17.1. The first kappa shape index (κ1) is 19.2. The summed E-state index contributed by atoms with van der Waals surface area (Å²) in [5.41, 5.74) is 1.26. The maximum atomic E-state index is 4.71. The van der Waals surface area contributed by atoms with Crippen molar-refractivity contribution in [1.82, 2.24) is 20.5 Å². The summed E-state index contributed by atoms with van der Waals surface area (Å²) in [6.45, 7) is 15.7. The quantitative estimate of drug-likeness (QED) is 0.611. The minimum Gasteiger partial charge on any atom is -0.357 e. The minimum absolute atomic E-state index is 0.144. The fourth-order valence-corrected chi connectivity index (χ4v) is 3.86. The Hall–Kier alpha value is -1.14. The second-order valence-electron chi connectivity index (χ2n) is 7.16. The lowest BCUT2D eigenvalue weighted by atomic mass is 9.98. The lowest BCUT2D eigenvalue weighted by Crippen LogP contribution is -2.54. The predicted octanol–water partition coefficient (Wildman–Crippen LogP) is 3.08. The van der Waals surface area contributed by atoms with Gasteiger partial charge in [-0.2, -0.15) is 0 Å². The monoisotopic (exact) mass is 351 g/mol. The molecule has 0 radical (unpaired) electrons. The molecule has 0 saturated carbocycles. The number of rotatable bonds is 6. The van der Waals surface area contributed by atoms with E-state index < -0.39 is 0 Å². The molecule has 0 spiro atoms. The smallest absolute Gasteiger partial charge is 0.191 e. The molecule has 0 bridgehead atoms. The molecule has 1 aliphatic rings. The number of aromatic nitrogens is 1. The number of aryl methyl sites for hydroxylation is 2. The fraction of sp³-hybridized carbons (Fsp3) is 0.778. The number of aliphatic imine (C=N–C) groups is 1. The number of thiazole rings is 1. The second-order valence-corrected chi connectivity index (χ2v) is 8.45. The van der Waals surface area contributed by atoms with Gasteiger partial charge in [0, 0.05) is 23.5 Å². The van der Waals surface area contributed by atoms with Gasteiger partial charge < -0.3 is 10.6 Å². The van der Waals surface area contributed by atoms with E-state index in [-0.39, 0.29) is 5.54 Å². The number of piperidine rings is 1. The molecule has 6 heteroatoms. The summed E-state index contributed by atoms with van der Waals surface area (Å²) < 4.78 is 0. The number of hydrogen-bond donors (Lipinski definition) is 2. The number of guanidine groups is 1. The molecule has 24 heavy (non-hydrogen) atoms. The van der Waals surface area contributed by atoms with Crippen LogP contribution in [0.2, 0.25) is 0 Å². The Bertz CT molecular complexity index is 524. The Morgan fingerprint density at radius 1 is 1.21 bits per heavy atom. The summed E-state index contributed by atoms with van der Waals surface area (Å²) in [7, 11) is 0. The van der Waals surface area contributed by atoms with E-state index >= 15 is 0 Å². The van der Waals surface area contributed by atoms with Crippen LogP contribution in [-0.2, 0) is 6.54 Å². The molecule has 1 saturated heterocycles. The maximum Gasteiger partial charge on any atom is 0.191 e. The third-order valence-electron chi connectivity index (χ3n) is 4.69. The zero-order valence-corrected chi connectivity index (χ0v) is 16.7. The van der Waals surface area contributed by atoms with E-state index in [0.717, 1.165) is 29.8 Å². The van der Waals surface area contributed by atoms with Crippen molar-refractivity contribution in [1.29, 1.82) is 0 Å². The highest BCUT2D eigenvalue weighted by molar-refractivity contribution is 7.11. The Kier molecular flexibility index (Phi) is 7.04. The summed E-state index contributed by atoms with van der Waals surface area (Å²) in [5, 5.41) is 7.95. The van der Waals surface area contributed by atoms with Gasteiger partial charge in [-0.25, -0.2) is 9.98 Å². The van der Waals surface area contributed by atoms with E-state index in [1.54, 1.807) is 11.3 Å². The van der Waals surface area contributed by atoms with Crippen LogP contribution in [0.5, 0.6) is 0 Å². The van der Waals surface area contributed by atoms with E-state index in [1.165, 1.54) is 37.2 Å². The van der Waals surface area contributed by atoms with Gasteiger partial charge in [-0.05, 0) is 60.5 Å². The summed E-state index contributed by atoms with van der Waals surface area (Å²) in [4.78, 5) is 13.2. The standard InChI is InChI=1S/C18H33N5S/c1-6-19-17(20-12-16-22-14(2)15(3)24-16)21-13-18(4,5)23-10-8-7-9-11-23/h6-13H2,1-5H3,(H2,19,20,21). The first-order chi connectivity index (χ1) is 11.4. The summed E-state index contributed by atoms with van der Waals surface area (Å²) in [6.07, 6.45) is 4.01. The Morgan fingerprint density at radius 2 is 1.92 bits per heavy atom. The molecule has 2 rings (SSSR count). The van der Waals surface area contributed by atoms with Gasteiger partial charge in [0.1, 0.15) is 5.01 Å². The molecule has 136 valence electrons. The average molecular weight is 352 g/mol. The molecule has 0 atom stereocenters. The number of nitrogens with one attached hydrogen (secondary N) is 2. The molecule has 5 nitrogen and oxygen atoms in total. The topological polar surface area (TPSA) is 52.6 Å². The van der Waals surface area contributed by atoms with Crippen LogP contribution in [0, 0.1) is 13.8 Å². The van der Waals surface area contributed by atoms with Crippen molar-refractivity contribution in [3.8, 4) is 0 Å². The Labute approximate surface area is 151 Å². The van der Waals surface area contributed by atoms with Crippen molar-refractivity contribution < 1.29 is 0 Å². The summed E-state index contributed by atoms with van der Waals surface area (Å²) in [5.74, 6) is 0.882. The lowest BCUT2D eigenvalue weighted by molar-refractivity contribution is 0.0982. The van der Waals surface area contributed by atoms with Gasteiger partial charge in [0.05, 0.1) is 12.2 Å². The van der Waals surface area contributed by atoms with E-state index in [2.05, 4.69) is 55.1 Å². The van der Waals surface area contributed by atoms with E-state index in [0.29, 0.717) is 6.54 Å². The van der Waals surface area contributed by atoms with Gasteiger partial charge in [0.15, 0.2) is 5.96 Å². The summed E-state index contributed by atoms with van der Waals surface area (Å²) in [6, 6.07) is 0. The predicted molar refractivity (Wildman–Crippen MR) is 104 cm³/mol. The van der Waals surface area contributed by atoms with Gasteiger partial charge in [0.2, 0.25) is 0 Å². The SMILES string of the molecule is CCNC(=NCc1nc(C)c(C)s1)NCC(C)(C)N1CCCCC1. The van der Waals surface area contributed by atoms with Crippen molar-refractivity contribution >= 4 is 17.3 Å². The zero-order chi connectivity index (χ0) is 17.6. The molecular weight excluding hydrogens is 318 g/mol. The molecule has 0 amide bonds. The zero-order valence-electron chi connectivity index (χ0n) is 15.9. The van der Waals surface area contributed by atoms with E-state index in [9.17, 15) is 0 Å². The van der Waals surface area contributed by atoms with Crippen molar-refractivity contribution in [2.24, 2.45) is 4.99 Å². The number of likely N-dealkylation sites (tertiary alicyclic amines) is 1. The van der Waals surface area contributed by atoms with Gasteiger partial charge in [-0.1, -0.05) is 6.42 Å². The molecule has 1 fully saturated rings. The van der Waals surface area contributed by atoms with Gasteiger partial charge in [-0.15, -0.1) is 11.3 Å². The van der Waals surface area contributed by atoms with Gasteiger partial charge >= 0.3 is 0 Å². The number of hydrogen-bond acceptors (Lipinski definition) is 4. The molecule has 1 aromatic rings. The third-order valence-corrected chi connectivity index (χ3v) is 5.75.